The van der Waals surface area contributed by atoms with Crippen LogP contribution in [0.4, 0.5) is 11.5 Å². The summed E-state index contributed by atoms with van der Waals surface area (Å²) in [6.07, 6.45) is 1.55. The first-order chi connectivity index (χ1) is 8.47. The van der Waals surface area contributed by atoms with Crippen LogP contribution in [0.1, 0.15) is 5.56 Å². The van der Waals surface area contributed by atoms with Gasteiger partial charge in [0.1, 0.15) is 5.82 Å². The van der Waals surface area contributed by atoms with E-state index in [0.29, 0.717) is 11.5 Å². The Kier molecular flexibility index (Phi) is 3.20. The third-order valence-electron chi connectivity index (χ3n) is 2.34. The molecule has 0 fully saturated rings. The van der Waals surface area contributed by atoms with Gasteiger partial charge in [-0.05, 0) is 48.9 Å². The minimum Gasteiger partial charge on any atom is -0.399 e. The Morgan fingerprint density at radius 3 is 2.44 bits per heavy atom. The smallest absolute Gasteiger partial charge is 0.263 e. The molecule has 1 aromatic heterocycles. The highest BCUT2D eigenvalue weighted by molar-refractivity contribution is 7.92. The lowest BCUT2D eigenvalue weighted by atomic mass is 10.3. The van der Waals surface area contributed by atoms with Gasteiger partial charge in [-0.25, -0.2) is 13.4 Å². The molecular formula is C12H13N3O2S. The van der Waals surface area contributed by atoms with Crippen LogP contribution >= 0.6 is 0 Å². The highest BCUT2D eigenvalue weighted by atomic mass is 32.2. The van der Waals surface area contributed by atoms with Crippen LogP contribution in [-0.4, -0.2) is 13.4 Å². The fourth-order valence-electron chi connectivity index (χ4n) is 1.44. The second kappa shape index (κ2) is 4.66. The van der Waals surface area contributed by atoms with E-state index < -0.39 is 10.0 Å². The molecule has 1 heterocycles. The fraction of sp³-hybridized carbons (Fsp3) is 0.0833. The molecule has 0 saturated carbocycles. The van der Waals surface area contributed by atoms with Crippen molar-refractivity contribution in [2.24, 2.45) is 0 Å². The molecule has 0 unspecified atom stereocenters. The van der Waals surface area contributed by atoms with Crippen molar-refractivity contribution < 1.29 is 8.42 Å². The average Bonchev–Trinajstić information content (AvgIpc) is 2.29. The summed E-state index contributed by atoms with van der Waals surface area (Å²) >= 11 is 0. The third-order valence-corrected chi connectivity index (χ3v) is 3.72. The Balaban J connectivity index is 2.30. The molecule has 0 aliphatic heterocycles. The number of aryl methyl sites for hydroxylation is 1. The standard InChI is InChI=1S/C12H13N3O2S/c1-9-6-7-14-12(8-9)15-18(16,17)11-4-2-10(13)3-5-11/h2-8H,13H2,1H3,(H,14,15). The topological polar surface area (TPSA) is 85.1 Å². The van der Waals surface area contributed by atoms with Crippen LogP contribution in [-0.2, 0) is 10.0 Å². The zero-order chi connectivity index (χ0) is 13.2. The summed E-state index contributed by atoms with van der Waals surface area (Å²) in [5.74, 6) is 0.298. The summed E-state index contributed by atoms with van der Waals surface area (Å²) in [5.41, 5.74) is 6.96. The molecule has 0 aliphatic carbocycles. The quantitative estimate of drug-likeness (QED) is 0.826. The van der Waals surface area contributed by atoms with Crippen LogP contribution in [0, 0.1) is 6.92 Å². The number of sulfonamides is 1. The minimum absolute atomic E-state index is 0.153. The Morgan fingerprint density at radius 1 is 1.17 bits per heavy atom. The van der Waals surface area contributed by atoms with Crippen molar-refractivity contribution in [1.82, 2.24) is 4.98 Å². The molecule has 0 spiro atoms. The van der Waals surface area contributed by atoms with Gasteiger partial charge >= 0.3 is 0 Å². The third kappa shape index (κ3) is 2.78. The molecule has 94 valence electrons. The van der Waals surface area contributed by atoms with E-state index in [1.54, 1.807) is 18.3 Å². The Morgan fingerprint density at radius 2 is 1.83 bits per heavy atom. The van der Waals surface area contributed by atoms with Crippen LogP contribution < -0.4 is 10.5 Å². The number of anilines is 2. The van der Waals surface area contributed by atoms with Crippen molar-refractivity contribution in [2.75, 3.05) is 10.5 Å². The maximum absolute atomic E-state index is 12.0. The zero-order valence-electron chi connectivity index (χ0n) is 9.79. The average molecular weight is 263 g/mol. The maximum Gasteiger partial charge on any atom is 0.263 e. The predicted octanol–water partition coefficient (Wildman–Crippen LogP) is 1.77. The van der Waals surface area contributed by atoms with E-state index in [2.05, 4.69) is 9.71 Å². The van der Waals surface area contributed by atoms with E-state index in [1.165, 1.54) is 24.3 Å². The van der Waals surface area contributed by atoms with Gasteiger partial charge in [-0.3, -0.25) is 4.72 Å². The number of nitrogens with one attached hydrogen (secondary N) is 1. The molecule has 0 amide bonds. The van der Waals surface area contributed by atoms with Crippen LogP contribution in [0.5, 0.6) is 0 Å². The predicted molar refractivity (Wildman–Crippen MR) is 70.6 cm³/mol. The van der Waals surface area contributed by atoms with Crippen molar-refractivity contribution in [3.63, 3.8) is 0 Å². The Bertz CT molecular complexity index is 651. The molecule has 6 heteroatoms. The number of hydrogen-bond acceptors (Lipinski definition) is 4. The second-order valence-electron chi connectivity index (χ2n) is 3.89. The van der Waals surface area contributed by atoms with Crippen molar-refractivity contribution in [2.45, 2.75) is 11.8 Å². The van der Waals surface area contributed by atoms with Gasteiger partial charge in [0, 0.05) is 11.9 Å². The normalized spacial score (nSPS) is 11.2. The molecule has 0 saturated heterocycles. The number of hydrogen-bond donors (Lipinski definition) is 2. The molecule has 5 nitrogen and oxygen atoms in total. The van der Waals surface area contributed by atoms with Gasteiger partial charge in [0.25, 0.3) is 10.0 Å². The summed E-state index contributed by atoms with van der Waals surface area (Å²) in [4.78, 5) is 4.11. The van der Waals surface area contributed by atoms with Gasteiger partial charge in [-0.2, -0.15) is 0 Å². The molecule has 1 aromatic carbocycles. The van der Waals surface area contributed by atoms with Crippen molar-refractivity contribution in [3.05, 3.63) is 48.2 Å². The summed E-state index contributed by atoms with van der Waals surface area (Å²) in [6.45, 7) is 1.86. The van der Waals surface area contributed by atoms with Crippen LogP contribution in [0.3, 0.4) is 0 Å². The molecule has 0 radical (unpaired) electrons. The molecule has 3 N–H and O–H groups in total. The first-order valence-corrected chi connectivity index (χ1v) is 6.77. The number of nitrogens with two attached hydrogens (primary N) is 1. The van der Waals surface area contributed by atoms with E-state index in [9.17, 15) is 8.42 Å². The number of aromatic nitrogens is 1. The van der Waals surface area contributed by atoms with Gasteiger partial charge in [0.2, 0.25) is 0 Å². The van der Waals surface area contributed by atoms with Gasteiger partial charge < -0.3 is 5.73 Å². The van der Waals surface area contributed by atoms with Crippen molar-refractivity contribution >= 4 is 21.5 Å². The highest BCUT2D eigenvalue weighted by Crippen LogP contribution is 2.16. The van der Waals surface area contributed by atoms with Crippen LogP contribution in [0.25, 0.3) is 0 Å². The van der Waals surface area contributed by atoms with Gasteiger partial charge in [0.05, 0.1) is 4.90 Å². The first kappa shape index (κ1) is 12.4. The summed E-state index contributed by atoms with van der Waals surface area (Å²) < 4.78 is 26.5. The molecular weight excluding hydrogens is 250 g/mol. The maximum atomic E-state index is 12.0. The lowest BCUT2D eigenvalue weighted by molar-refractivity contribution is 0.601. The molecule has 2 aromatic rings. The number of pyridine rings is 1. The summed E-state index contributed by atoms with van der Waals surface area (Å²) in [6, 6.07) is 9.44. The lowest BCUT2D eigenvalue weighted by Crippen LogP contribution is -2.13. The van der Waals surface area contributed by atoms with Gasteiger partial charge in [-0.15, -0.1) is 0 Å². The largest absolute Gasteiger partial charge is 0.399 e. The van der Waals surface area contributed by atoms with Crippen molar-refractivity contribution in [3.8, 4) is 0 Å². The van der Waals surface area contributed by atoms with Crippen LogP contribution in [0.2, 0.25) is 0 Å². The summed E-state index contributed by atoms with van der Waals surface area (Å²) in [5, 5.41) is 0. The summed E-state index contributed by atoms with van der Waals surface area (Å²) in [7, 11) is -3.61. The van der Waals surface area contributed by atoms with E-state index in [-0.39, 0.29) is 4.90 Å². The number of nitrogen functional groups attached to an aromatic ring is 1. The Labute approximate surface area is 106 Å². The molecule has 0 atom stereocenters. The van der Waals surface area contributed by atoms with E-state index >= 15 is 0 Å². The van der Waals surface area contributed by atoms with E-state index in [0.717, 1.165) is 5.56 Å². The molecule has 18 heavy (non-hydrogen) atoms. The lowest BCUT2D eigenvalue weighted by Gasteiger charge is -2.07. The van der Waals surface area contributed by atoms with Crippen molar-refractivity contribution in [1.29, 1.82) is 0 Å². The van der Waals surface area contributed by atoms with E-state index in [1.807, 2.05) is 6.92 Å². The first-order valence-electron chi connectivity index (χ1n) is 5.28. The fourth-order valence-corrected chi connectivity index (χ4v) is 2.43. The number of rotatable bonds is 3. The van der Waals surface area contributed by atoms with Gasteiger partial charge in [-0.1, -0.05) is 0 Å². The molecule has 0 bridgehead atoms. The van der Waals surface area contributed by atoms with Crippen LogP contribution in [0.15, 0.2) is 47.5 Å². The molecule has 0 aliphatic rings. The molecule has 2 rings (SSSR count). The number of nitrogens with zero attached hydrogens (tertiary/aromatic N) is 1. The SMILES string of the molecule is Cc1ccnc(NS(=O)(=O)c2ccc(N)cc2)c1. The number of benzene rings is 1. The second-order valence-corrected chi connectivity index (χ2v) is 5.58. The minimum atomic E-state index is -3.61. The Hall–Kier alpha value is -2.08. The van der Waals surface area contributed by atoms with Gasteiger partial charge in [0.15, 0.2) is 0 Å². The monoisotopic (exact) mass is 263 g/mol. The zero-order valence-corrected chi connectivity index (χ0v) is 10.6. The highest BCUT2D eigenvalue weighted by Gasteiger charge is 2.14. The van der Waals surface area contributed by atoms with E-state index in [4.69, 9.17) is 5.73 Å².